The van der Waals surface area contributed by atoms with Gasteiger partial charge in [-0.1, -0.05) is 78.2 Å². The zero-order valence-corrected chi connectivity index (χ0v) is 26.4. The molecule has 1 spiro atoms. The van der Waals surface area contributed by atoms with Crippen LogP contribution in [0.15, 0.2) is 55.6 Å². The predicted molar refractivity (Wildman–Crippen MR) is 167 cm³/mol. The quantitative estimate of drug-likeness (QED) is 0.155. The van der Waals surface area contributed by atoms with Crippen LogP contribution in [0.1, 0.15) is 57.4 Å². The number of ether oxygens (including phenoxy) is 1. The van der Waals surface area contributed by atoms with Crippen LogP contribution in [0.3, 0.4) is 0 Å². The standard InChI is InChI=1S/C33H46BrN3O5/c1-4-7-12-19-35(17-5-2)32(41)29-33-22-25(34)28(42-33)26(27(33)31(40)37(29)20-13-9-14-21-38)30(39)36(18-6-3)23-24-15-10-8-11-16-24/h5-6,8,10-11,15-16,25-29,38H,2-4,7,9,12-14,17-23H2,1H3/t25?,26-,27-,28-,29?,33?/m0/s1. The van der Waals surface area contributed by atoms with Crippen molar-refractivity contribution in [3.63, 3.8) is 0 Å². The van der Waals surface area contributed by atoms with E-state index in [9.17, 15) is 19.5 Å². The molecule has 3 aliphatic heterocycles. The van der Waals surface area contributed by atoms with E-state index in [0.29, 0.717) is 52.0 Å². The maximum absolute atomic E-state index is 14.4. The van der Waals surface area contributed by atoms with Crippen LogP contribution in [-0.2, 0) is 25.7 Å². The fraction of sp³-hybridized carbons (Fsp3) is 0.606. The van der Waals surface area contributed by atoms with Crippen LogP contribution in [0.5, 0.6) is 0 Å². The van der Waals surface area contributed by atoms with E-state index < -0.39 is 29.6 Å². The fourth-order valence-corrected chi connectivity index (χ4v) is 8.02. The van der Waals surface area contributed by atoms with E-state index in [1.807, 2.05) is 30.3 Å². The number of fused-ring (bicyclic) bond motifs is 1. The molecule has 4 rings (SSSR count). The van der Waals surface area contributed by atoms with Crippen LogP contribution in [0.25, 0.3) is 0 Å². The molecule has 3 aliphatic rings. The van der Waals surface area contributed by atoms with Gasteiger partial charge in [0.1, 0.15) is 11.6 Å². The minimum Gasteiger partial charge on any atom is -0.396 e. The third-order valence-corrected chi connectivity index (χ3v) is 9.78. The van der Waals surface area contributed by atoms with Crippen LogP contribution in [0.4, 0.5) is 0 Å². The van der Waals surface area contributed by atoms with Crippen LogP contribution in [0, 0.1) is 11.8 Å². The van der Waals surface area contributed by atoms with Gasteiger partial charge in [0.25, 0.3) is 0 Å². The summed E-state index contributed by atoms with van der Waals surface area (Å²) < 4.78 is 6.73. The Balaban J connectivity index is 1.69. The normalized spacial score (nSPS) is 27.6. The predicted octanol–water partition coefficient (Wildman–Crippen LogP) is 4.32. The van der Waals surface area contributed by atoms with Gasteiger partial charge in [-0.2, -0.15) is 0 Å². The van der Waals surface area contributed by atoms with E-state index in [0.717, 1.165) is 31.2 Å². The highest BCUT2D eigenvalue weighted by molar-refractivity contribution is 9.09. The molecule has 0 aromatic heterocycles. The molecule has 8 nitrogen and oxygen atoms in total. The average molecular weight is 645 g/mol. The van der Waals surface area contributed by atoms with Crippen LogP contribution >= 0.6 is 15.9 Å². The number of carbonyl (C=O) groups excluding carboxylic acids is 3. The number of amides is 3. The number of halogens is 1. The molecule has 0 radical (unpaired) electrons. The summed E-state index contributed by atoms with van der Waals surface area (Å²) in [6, 6.07) is 8.97. The van der Waals surface area contributed by atoms with Gasteiger partial charge in [-0.25, -0.2) is 0 Å². The lowest BCUT2D eigenvalue weighted by atomic mass is 9.70. The zero-order chi connectivity index (χ0) is 30.3. The molecule has 1 aromatic rings. The van der Waals surface area contributed by atoms with E-state index in [-0.39, 0.29) is 29.2 Å². The number of aliphatic hydroxyl groups excluding tert-OH is 1. The highest BCUT2D eigenvalue weighted by Gasteiger charge is 2.76. The first-order chi connectivity index (χ1) is 20.3. The number of benzene rings is 1. The van der Waals surface area contributed by atoms with Crippen molar-refractivity contribution in [1.29, 1.82) is 0 Å². The number of rotatable bonds is 17. The van der Waals surface area contributed by atoms with Crippen molar-refractivity contribution in [1.82, 2.24) is 14.7 Å². The molecule has 1 aromatic carbocycles. The van der Waals surface area contributed by atoms with Gasteiger partial charge < -0.3 is 24.5 Å². The largest absolute Gasteiger partial charge is 0.396 e. The van der Waals surface area contributed by atoms with Crippen molar-refractivity contribution in [2.45, 2.75) is 81.0 Å². The summed E-state index contributed by atoms with van der Waals surface area (Å²) in [7, 11) is 0. The van der Waals surface area contributed by atoms with E-state index in [1.165, 1.54) is 0 Å². The number of aliphatic hydroxyl groups is 1. The van der Waals surface area contributed by atoms with Gasteiger partial charge in [-0.15, -0.1) is 13.2 Å². The first kappa shape index (κ1) is 32.4. The topological polar surface area (TPSA) is 90.4 Å². The van der Waals surface area contributed by atoms with Crippen LogP contribution < -0.4 is 0 Å². The van der Waals surface area contributed by atoms with Gasteiger partial charge in [0.15, 0.2) is 0 Å². The lowest BCUT2D eigenvalue weighted by molar-refractivity contribution is -0.148. The van der Waals surface area contributed by atoms with Crippen molar-refractivity contribution in [3.8, 4) is 0 Å². The Labute approximate surface area is 258 Å². The number of nitrogens with zero attached hydrogens (tertiary/aromatic N) is 3. The molecule has 0 aliphatic carbocycles. The van der Waals surface area contributed by atoms with Crippen molar-refractivity contribution in [3.05, 3.63) is 61.2 Å². The van der Waals surface area contributed by atoms with Gasteiger partial charge >= 0.3 is 0 Å². The van der Waals surface area contributed by atoms with Crippen LogP contribution in [0.2, 0.25) is 0 Å². The Morgan fingerprint density at radius 3 is 2.45 bits per heavy atom. The molecule has 3 saturated heterocycles. The van der Waals surface area contributed by atoms with E-state index in [4.69, 9.17) is 4.74 Å². The number of hydrogen-bond acceptors (Lipinski definition) is 5. The number of likely N-dealkylation sites (tertiary alicyclic amines) is 1. The Morgan fingerprint density at radius 1 is 1.07 bits per heavy atom. The minimum absolute atomic E-state index is 0.0839. The second kappa shape index (κ2) is 14.8. The molecule has 3 amide bonds. The maximum Gasteiger partial charge on any atom is 0.248 e. The highest BCUT2D eigenvalue weighted by Crippen LogP contribution is 2.60. The summed E-state index contributed by atoms with van der Waals surface area (Å²) in [4.78, 5) is 48.2. The maximum atomic E-state index is 14.4. The zero-order valence-electron chi connectivity index (χ0n) is 24.8. The third-order valence-electron chi connectivity index (χ3n) is 8.94. The van der Waals surface area contributed by atoms with Crippen molar-refractivity contribution in [2.24, 2.45) is 11.8 Å². The van der Waals surface area contributed by atoms with Crippen molar-refractivity contribution < 1.29 is 24.2 Å². The van der Waals surface area contributed by atoms with Crippen molar-refractivity contribution in [2.75, 3.05) is 32.8 Å². The third kappa shape index (κ3) is 6.38. The molecule has 2 bridgehead atoms. The lowest BCUT2D eigenvalue weighted by Gasteiger charge is -2.37. The SMILES string of the molecule is C=CCN(CCCCC)C(=O)C1N(CCCCCO)C(=O)[C@@H]2[C@H](C(=O)N(CC=C)Cc3ccccc3)[C@H]3OC12CC3Br. The molecule has 6 atom stereocenters. The van der Waals surface area contributed by atoms with E-state index in [1.54, 1.807) is 26.9 Å². The molecule has 230 valence electrons. The lowest BCUT2D eigenvalue weighted by Crippen LogP contribution is -2.57. The summed E-state index contributed by atoms with van der Waals surface area (Å²) >= 11 is 3.78. The summed E-state index contributed by atoms with van der Waals surface area (Å²) in [5.74, 6) is -1.90. The molecular formula is C33H46BrN3O5. The average Bonchev–Trinajstić information content (AvgIpc) is 3.58. The Kier molecular flexibility index (Phi) is 11.4. The highest BCUT2D eigenvalue weighted by atomic mass is 79.9. The Hall–Kier alpha value is -2.49. The second-order valence-corrected chi connectivity index (χ2v) is 12.9. The Morgan fingerprint density at radius 2 is 1.79 bits per heavy atom. The number of alkyl halides is 1. The Bertz CT molecular complexity index is 1120. The number of carbonyl (C=O) groups is 3. The molecule has 9 heteroatoms. The van der Waals surface area contributed by atoms with Crippen molar-refractivity contribution >= 4 is 33.7 Å². The summed E-state index contributed by atoms with van der Waals surface area (Å²) in [6.07, 6.45) is 8.34. The molecule has 3 unspecified atom stereocenters. The summed E-state index contributed by atoms with van der Waals surface area (Å²) in [5, 5.41) is 9.30. The van der Waals surface area contributed by atoms with Gasteiger partial charge in [0.2, 0.25) is 17.7 Å². The summed E-state index contributed by atoms with van der Waals surface area (Å²) in [5.41, 5.74) is -0.0912. The monoisotopic (exact) mass is 643 g/mol. The van der Waals surface area contributed by atoms with Gasteiger partial charge in [-0.3, -0.25) is 14.4 Å². The minimum atomic E-state index is -1.08. The molecular weight excluding hydrogens is 598 g/mol. The summed E-state index contributed by atoms with van der Waals surface area (Å²) in [6.45, 7) is 12.0. The molecule has 1 N–H and O–H groups in total. The molecule has 42 heavy (non-hydrogen) atoms. The van der Waals surface area contributed by atoms with Gasteiger partial charge in [-0.05, 0) is 37.7 Å². The van der Waals surface area contributed by atoms with E-state index >= 15 is 0 Å². The first-order valence-corrected chi connectivity index (χ1v) is 16.3. The fourth-order valence-electron chi connectivity index (χ4n) is 7.08. The second-order valence-electron chi connectivity index (χ2n) is 11.8. The van der Waals surface area contributed by atoms with E-state index in [2.05, 4.69) is 36.0 Å². The first-order valence-electron chi connectivity index (χ1n) is 15.4. The van der Waals surface area contributed by atoms with Gasteiger partial charge in [0, 0.05) is 44.2 Å². The molecule has 0 saturated carbocycles. The number of unbranched alkanes of at least 4 members (excludes halogenated alkanes) is 4. The molecule has 3 fully saturated rings. The molecule has 3 heterocycles. The van der Waals surface area contributed by atoms with Crippen LogP contribution in [-0.4, -0.2) is 92.9 Å². The van der Waals surface area contributed by atoms with Gasteiger partial charge in [0.05, 0.1) is 17.9 Å². The smallest absolute Gasteiger partial charge is 0.248 e. The number of hydrogen-bond donors (Lipinski definition) is 1.